The van der Waals surface area contributed by atoms with E-state index in [1.807, 2.05) is 6.92 Å². The number of carbonyl (C=O) groups excluding carboxylic acids is 2. The van der Waals surface area contributed by atoms with Gasteiger partial charge in [-0.2, -0.15) is 10.2 Å². The molecule has 1 fully saturated rings. The molecule has 2 heterocycles. The second kappa shape index (κ2) is 7.60. The molecule has 1 aliphatic carbocycles. The molecule has 2 aromatic rings. The van der Waals surface area contributed by atoms with Crippen molar-refractivity contribution < 1.29 is 19.5 Å². The molecular formula is C17H22N6O4. The van der Waals surface area contributed by atoms with Crippen LogP contribution >= 0.6 is 0 Å². The Labute approximate surface area is 155 Å². The molecule has 0 bridgehead atoms. The van der Waals surface area contributed by atoms with Gasteiger partial charge in [0.25, 0.3) is 11.8 Å². The van der Waals surface area contributed by atoms with Crippen molar-refractivity contribution in [2.24, 2.45) is 7.05 Å². The number of nitrogens with one attached hydrogen (secondary N) is 2. The lowest BCUT2D eigenvalue weighted by Gasteiger charge is -2.11. The second-order valence-electron chi connectivity index (χ2n) is 6.53. The molecule has 0 saturated heterocycles. The van der Waals surface area contributed by atoms with E-state index in [4.69, 9.17) is 0 Å². The van der Waals surface area contributed by atoms with Crippen molar-refractivity contribution in [2.45, 2.75) is 45.2 Å². The lowest BCUT2D eigenvalue weighted by molar-refractivity contribution is 0.0692. The lowest BCUT2D eigenvalue weighted by Crippen LogP contribution is -2.33. The molecule has 10 heteroatoms. The van der Waals surface area contributed by atoms with E-state index >= 15 is 0 Å². The van der Waals surface area contributed by atoms with Crippen LogP contribution in [0.5, 0.6) is 0 Å². The van der Waals surface area contributed by atoms with Gasteiger partial charge in [-0.15, -0.1) is 0 Å². The standard InChI is InChI=1S/C17H22N6O4/c1-3-23-9-12(14(21-23)16(25)18-10-6-4-5-7-10)19-15(24)13-11(17(26)27)8-22(2)20-13/h8-10H,3-7H2,1-2H3,(H,18,25)(H,19,24)(H,26,27). The van der Waals surface area contributed by atoms with Gasteiger partial charge < -0.3 is 15.7 Å². The number of carboxylic acids is 1. The smallest absolute Gasteiger partial charge is 0.339 e. The zero-order valence-corrected chi connectivity index (χ0v) is 15.2. The highest BCUT2D eigenvalue weighted by molar-refractivity contribution is 6.11. The summed E-state index contributed by atoms with van der Waals surface area (Å²) in [6.45, 7) is 2.38. The number of nitrogens with zero attached hydrogens (tertiary/aromatic N) is 4. The van der Waals surface area contributed by atoms with E-state index in [9.17, 15) is 19.5 Å². The number of carboxylic acid groups (broad SMARTS) is 1. The summed E-state index contributed by atoms with van der Waals surface area (Å²) < 4.78 is 2.79. The topological polar surface area (TPSA) is 131 Å². The van der Waals surface area contributed by atoms with Gasteiger partial charge in [-0.05, 0) is 19.8 Å². The SMILES string of the molecule is CCn1cc(NC(=O)c2nn(C)cc2C(=O)O)c(C(=O)NC2CCCC2)n1. The third-order valence-corrected chi connectivity index (χ3v) is 4.51. The molecule has 0 atom stereocenters. The monoisotopic (exact) mass is 374 g/mol. The molecule has 0 spiro atoms. The van der Waals surface area contributed by atoms with Gasteiger partial charge in [0, 0.05) is 32.0 Å². The first-order valence-electron chi connectivity index (χ1n) is 8.85. The van der Waals surface area contributed by atoms with E-state index in [-0.39, 0.29) is 34.6 Å². The molecule has 2 amide bonds. The van der Waals surface area contributed by atoms with Gasteiger partial charge in [0.05, 0.1) is 5.69 Å². The Balaban J connectivity index is 1.83. The summed E-state index contributed by atoms with van der Waals surface area (Å²) in [5.74, 6) is -2.32. The summed E-state index contributed by atoms with van der Waals surface area (Å²) >= 11 is 0. The van der Waals surface area contributed by atoms with Crippen LogP contribution in [0.15, 0.2) is 12.4 Å². The van der Waals surface area contributed by atoms with E-state index in [0.29, 0.717) is 6.54 Å². The van der Waals surface area contributed by atoms with E-state index in [0.717, 1.165) is 25.7 Å². The molecule has 144 valence electrons. The highest BCUT2D eigenvalue weighted by Gasteiger charge is 2.26. The largest absolute Gasteiger partial charge is 0.478 e. The number of carbonyl (C=O) groups is 3. The number of aromatic carboxylic acids is 1. The Kier molecular flexibility index (Phi) is 5.24. The van der Waals surface area contributed by atoms with Crippen molar-refractivity contribution in [3.8, 4) is 0 Å². The van der Waals surface area contributed by atoms with Crippen LogP contribution in [0, 0.1) is 0 Å². The zero-order valence-electron chi connectivity index (χ0n) is 15.2. The van der Waals surface area contributed by atoms with Crippen molar-refractivity contribution in [3.05, 3.63) is 29.3 Å². The first kappa shape index (κ1) is 18.6. The summed E-state index contributed by atoms with van der Waals surface area (Å²) in [5, 5.41) is 22.9. The lowest BCUT2D eigenvalue weighted by atomic mass is 10.2. The number of anilines is 1. The molecular weight excluding hydrogens is 352 g/mol. The molecule has 2 aromatic heterocycles. The summed E-state index contributed by atoms with van der Waals surface area (Å²) in [7, 11) is 1.53. The minimum Gasteiger partial charge on any atom is -0.478 e. The van der Waals surface area contributed by atoms with Crippen molar-refractivity contribution in [2.75, 3.05) is 5.32 Å². The zero-order chi connectivity index (χ0) is 19.6. The summed E-state index contributed by atoms with van der Waals surface area (Å²) in [6.07, 6.45) is 6.81. The van der Waals surface area contributed by atoms with E-state index < -0.39 is 11.9 Å². The Hall–Kier alpha value is -3.17. The molecule has 0 radical (unpaired) electrons. The molecule has 27 heavy (non-hydrogen) atoms. The van der Waals surface area contributed by atoms with Crippen molar-refractivity contribution >= 4 is 23.5 Å². The molecule has 1 aliphatic rings. The van der Waals surface area contributed by atoms with Gasteiger partial charge in [0.2, 0.25) is 0 Å². The normalized spacial score (nSPS) is 14.3. The second-order valence-corrected chi connectivity index (χ2v) is 6.53. The average molecular weight is 374 g/mol. The minimum absolute atomic E-state index is 0.102. The molecule has 3 N–H and O–H groups in total. The Morgan fingerprint density at radius 1 is 1.15 bits per heavy atom. The van der Waals surface area contributed by atoms with Crippen LogP contribution in [0.25, 0.3) is 0 Å². The highest BCUT2D eigenvalue weighted by atomic mass is 16.4. The first-order chi connectivity index (χ1) is 12.9. The van der Waals surface area contributed by atoms with Crippen LogP contribution in [-0.2, 0) is 13.6 Å². The predicted molar refractivity (Wildman–Crippen MR) is 95.7 cm³/mol. The maximum absolute atomic E-state index is 12.6. The molecule has 10 nitrogen and oxygen atoms in total. The maximum Gasteiger partial charge on any atom is 0.339 e. The van der Waals surface area contributed by atoms with Crippen LogP contribution in [0.1, 0.15) is 63.9 Å². The van der Waals surface area contributed by atoms with Gasteiger partial charge >= 0.3 is 5.97 Å². The fourth-order valence-corrected chi connectivity index (χ4v) is 3.16. The van der Waals surface area contributed by atoms with E-state index in [1.165, 1.54) is 22.6 Å². The van der Waals surface area contributed by atoms with Crippen LogP contribution in [0.4, 0.5) is 5.69 Å². The van der Waals surface area contributed by atoms with Gasteiger partial charge in [0.1, 0.15) is 5.56 Å². The first-order valence-corrected chi connectivity index (χ1v) is 8.85. The number of hydrogen-bond donors (Lipinski definition) is 3. The molecule has 1 saturated carbocycles. The number of aromatic nitrogens is 4. The van der Waals surface area contributed by atoms with Crippen molar-refractivity contribution in [1.29, 1.82) is 0 Å². The number of rotatable bonds is 6. The van der Waals surface area contributed by atoms with E-state index in [2.05, 4.69) is 20.8 Å². The van der Waals surface area contributed by atoms with Gasteiger partial charge in [-0.3, -0.25) is 19.0 Å². The van der Waals surface area contributed by atoms with Crippen molar-refractivity contribution in [3.63, 3.8) is 0 Å². The summed E-state index contributed by atoms with van der Waals surface area (Å²) in [5.41, 5.74) is -0.115. The third-order valence-electron chi connectivity index (χ3n) is 4.51. The van der Waals surface area contributed by atoms with E-state index in [1.54, 1.807) is 6.20 Å². The molecule has 3 rings (SSSR count). The summed E-state index contributed by atoms with van der Waals surface area (Å²) in [4.78, 5) is 36.4. The van der Waals surface area contributed by atoms with Crippen LogP contribution in [0.2, 0.25) is 0 Å². The minimum atomic E-state index is -1.25. The fraction of sp³-hybridized carbons (Fsp3) is 0.471. The number of hydrogen-bond acceptors (Lipinski definition) is 5. The molecule has 0 unspecified atom stereocenters. The molecule has 0 aliphatic heterocycles. The Morgan fingerprint density at radius 2 is 1.85 bits per heavy atom. The average Bonchev–Trinajstić information content (AvgIpc) is 3.34. The van der Waals surface area contributed by atoms with Gasteiger partial charge in [-0.1, -0.05) is 12.8 Å². The summed E-state index contributed by atoms with van der Waals surface area (Å²) in [6, 6.07) is 0.113. The van der Waals surface area contributed by atoms with Crippen LogP contribution < -0.4 is 10.6 Å². The predicted octanol–water partition coefficient (Wildman–Crippen LogP) is 1.26. The van der Waals surface area contributed by atoms with Crippen molar-refractivity contribution in [1.82, 2.24) is 24.9 Å². The Bertz CT molecular complexity index is 878. The number of aryl methyl sites for hydroxylation is 2. The Morgan fingerprint density at radius 3 is 2.48 bits per heavy atom. The van der Waals surface area contributed by atoms with Crippen LogP contribution in [0.3, 0.4) is 0 Å². The third kappa shape index (κ3) is 3.99. The molecule has 0 aromatic carbocycles. The maximum atomic E-state index is 12.6. The fourth-order valence-electron chi connectivity index (χ4n) is 3.16. The highest BCUT2D eigenvalue weighted by Crippen LogP contribution is 2.20. The van der Waals surface area contributed by atoms with Crippen LogP contribution in [-0.4, -0.2) is 48.5 Å². The van der Waals surface area contributed by atoms with Gasteiger partial charge in [-0.25, -0.2) is 4.79 Å². The quantitative estimate of drug-likeness (QED) is 0.697. The van der Waals surface area contributed by atoms with Gasteiger partial charge in [0.15, 0.2) is 11.4 Å². The number of amides is 2.